The van der Waals surface area contributed by atoms with Crippen LogP contribution < -0.4 is 5.32 Å². The van der Waals surface area contributed by atoms with Gasteiger partial charge in [0.05, 0.1) is 17.9 Å². The highest BCUT2D eigenvalue weighted by Crippen LogP contribution is 2.13. The Balaban J connectivity index is 2.14. The number of nitrogens with one attached hydrogen (secondary N) is 1. The molecule has 0 aromatic heterocycles. The maximum absolute atomic E-state index is 13.1. The molecule has 30 heavy (non-hydrogen) atoms. The molecule has 0 bridgehead atoms. The van der Waals surface area contributed by atoms with Crippen molar-refractivity contribution in [3.63, 3.8) is 0 Å². The third-order valence-electron chi connectivity index (χ3n) is 4.53. The first kappa shape index (κ1) is 23.6. The van der Waals surface area contributed by atoms with Gasteiger partial charge in [0.2, 0.25) is 15.9 Å². The van der Waals surface area contributed by atoms with Gasteiger partial charge in [-0.25, -0.2) is 13.2 Å². The standard InChI is InChI=1S/C20H28N4O5S/c1-20(2,3)29-19(26)22-17(13-15-5-7-16(14-21)8-6-15)18(25)23-9-11-24(12-10-23)30(4,27)28/h5-8,17H,9-13H2,1-4H3,(H,22,26)/t17-/m0/s1. The molecule has 9 nitrogen and oxygen atoms in total. The van der Waals surface area contributed by atoms with E-state index in [0.717, 1.165) is 11.8 Å². The molecule has 164 valence electrons. The van der Waals surface area contributed by atoms with E-state index in [9.17, 15) is 18.0 Å². The van der Waals surface area contributed by atoms with Gasteiger partial charge in [-0.05, 0) is 38.5 Å². The van der Waals surface area contributed by atoms with Gasteiger partial charge in [-0.2, -0.15) is 9.57 Å². The molecule has 1 aliphatic rings. The number of carbonyl (C=O) groups excluding carboxylic acids is 2. The largest absolute Gasteiger partial charge is 0.444 e. The van der Waals surface area contributed by atoms with Crippen LogP contribution in [0.5, 0.6) is 0 Å². The monoisotopic (exact) mass is 436 g/mol. The number of hydrogen-bond donors (Lipinski definition) is 1. The summed E-state index contributed by atoms with van der Waals surface area (Å²) in [7, 11) is -3.31. The van der Waals surface area contributed by atoms with Crippen LogP contribution in [0.3, 0.4) is 0 Å². The SMILES string of the molecule is CC(C)(C)OC(=O)N[C@@H](Cc1ccc(C#N)cc1)C(=O)N1CCN(S(C)(=O)=O)CC1. The lowest BCUT2D eigenvalue weighted by atomic mass is 10.0. The van der Waals surface area contributed by atoms with Gasteiger partial charge >= 0.3 is 6.09 Å². The Labute approximate surface area is 177 Å². The minimum atomic E-state index is -3.31. The summed E-state index contributed by atoms with van der Waals surface area (Å²) in [5.74, 6) is -0.307. The Morgan fingerprint density at radius 2 is 1.73 bits per heavy atom. The molecule has 0 spiro atoms. The molecule has 0 aliphatic carbocycles. The molecule has 0 radical (unpaired) electrons. The number of piperazine rings is 1. The zero-order valence-electron chi connectivity index (χ0n) is 17.7. The highest BCUT2D eigenvalue weighted by Gasteiger charge is 2.32. The van der Waals surface area contributed by atoms with E-state index in [1.807, 2.05) is 6.07 Å². The molecule has 0 unspecified atom stereocenters. The molecule has 1 aromatic carbocycles. The van der Waals surface area contributed by atoms with Crippen LogP contribution in [-0.4, -0.2) is 73.7 Å². The van der Waals surface area contributed by atoms with Crippen molar-refractivity contribution >= 4 is 22.0 Å². The normalized spacial score (nSPS) is 16.4. The molecule has 2 rings (SSSR count). The lowest BCUT2D eigenvalue weighted by molar-refractivity contribution is -0.134. The quantitative estimate of drug-likeness (QED) is 0.738. The Hall–Kier alpha value is -2.64. The summed E-state index contributed by atoms with van der Waals surface area (Å²) in [6.07, 6.45) is 0.655. The van der Waals surface area contributed by atoms with E-state index in [2.05, 4.69) is 5.32 Å². The number of benzene rings is 1. The summed E-state index contributed by atoms with van der Waals surface area (Å²) >= 11 is 0. The highest BCUT2D eigenvalue weighted by atomic mass is 32.2. The fourth-order valence-corrected chi connectivity index (χ4v) is 3.89. The second kappa shape index (κ2) is 9.45. The molecule has 2 amide bonds. The molecule has 1 fully saturated rings. The number of rotatable bonds is 5. The second-order valence-corrected chi connectivity index (χ2v) is 10.2. The fraction of sp³-hybridized carbons (Fsp3) is 0.550. The van der Waals surface area contributed by atoms with Gasteiger partial charge < -0.3 is 15.0 Å². The van der Waals surface area contributed by atoms with Crippen LogP contribution in [0.15, 0.2) is 24.3 Å². The fourth-order valence-electron chi connectivity index (χ4n) is 3.06. The number of carbonyl (C=O) groups is 2. The molecule has 1 heterocycles. The van der Waals surface area contributed by atoms with E-state index in [0.29, 0.717) is 5.56 Å². The zero-order valence-corrected chi connectivity index (χ0v) is 18.5. The Bertz CT molecular complexity index is 908. The summed E-state index contributed by atoms with van der Waals surface area (Å²) in [4.78, 5) is 27.0. The van der Waals surface area contributed by atoms with E-state index in [-0.39, 0.29) is 38.5 Å². The zero-order chi connectivity index (χ0) is 22.5. The Morgan fingerprint density at radius 1 is 1.17 bits per heavy atom. The first-order chi connectivity index (χ1) is 13.9. The number of alkyl carbamates (subject to hydrolysis) is 1. The number of hydrogen-bond acceptors (Lipinski definition) is 6. The minimum absolute atomic E-state index is 0.209. The molecule has 0 saturated carbocycles. The van der Waals surface area contributed by atoms with Crippen molar-refractivity contribution < 1.29 is 22.7 Å². The lowest BCUT2D eigenvalue weighted by Crippen LogP contribution is -2.56. The molecule has 1 aromatic rings. The second-order valence-electron chi connectivity index (χ2n) is 8.20. The van der Waals surface area contributed by atoms with Crippen LogP contribution >= 0.6 is 0 Å². The maximum Gasteiger partial charge on any atom is 0.408 e. The molecule has 1 N–H and O–H groups in total. The van der Waals surface area contributed by atoms with Crippen LogP contribution in [0.4, 0.5) is 4.79 Å². The van der Waals surface area contributed by atoms with Crippen molar-refractivity contribution in [1.82, 2.24) is 14.5 Å². The van der Waals surface area contributed by atoms with Crippen LogP contribution in [0.1, 0.15) is 31.9 Å². The molecule has 1 saturated heterocycles. The van der Waals surface area contributed by atoms with Crippen molar-refractivity contribution in [2.75, 3.05) is 32.4 Å². The summed E-state index contributed by atoms with van der Waals surface area (Å²) in [5.41, 5.74) is 0.560. The number of nitrogens with zero attached hydrogens (tertiary/aromatic N) is 3. The summed E-state index contributed by atoms with van der Waals surface area (Å²) < 4.78 is 30.0. The van der Waals surface area contributed by atoms with Crippen LogP contribution in [0, 0.1) is 11.3 Å². The summed E-state index contributed by atoms with van der Waals surface area (Å²) in [5, 5.41) is 11.6. The predicted molar refractivity (Wildman–Crippen MR) is 111 cm³/mol. The minimum Gasteiger partial charge on any atom is -0.444 e. The van der Waals surface area contributed by atoms with Crippen molar-refractivity contribution in [3.8, 4) is 6.07 Å². The van der Waals surface area contributed by atoms with E-state index in [1.165, 1.54) is 4.31 Å². The van der Waals surface area contributed by atoms with Gasteiger partial charge in [0.25, 0.3) is 0 Å². The first-order valence-corrected chi connectivity index (χ1v) is 11.5. The number of ether oxygens (including phenoxy) is 1. The van der Waals surface area contributed by atoms with Gasteiger partial charge in [0, 0.05) is 32.6 Å². The summed E-state index contributed by atoms with van der Waals surface area (Å²) in [6, 6.07) is 7.92. The third-order valence-corrected chi connectivity index (χ3v) is 5.83. The lowest BCUT2D eigenvalue weighted by Gasteiger charge is -2.35. The van der Waals surface area contributed by atoms with Crippen molar-refractivity contribution in [1.29, 1.82) is 5.26 Å². The molecule has 1 aliphatic heterocycles. The number of sulfonamides is 1. The molecule has 1 atom stereocenters. The predicted octanol–water partition coefficient (Wildman–Crippen LogP) is 1.10. The van der Waals surface area contributed by atoms with E-state index >= 15 is 0 Å². The maximum atomic E-state index is 13.1. The third kappa shape index (κ3) is 7.00. The molecular weight excluding hydrogens is 408 g/mol. The van der Waals surface area contributed by atoms with Gasteiger partial charge in [-0.3, -0.25) is 4.79 Å². The van der Waals surface area contributed by atoms with E-state index in [1.54, 1.807) is 49.9 Å². The average molecular weight is 437 g/mol. The Morgan fingerprint density at radius 3 is 2.20 bits per heavy atom. The van der Waals surface area contributed by atoms with Gasteiger partial charge in [0.1, 0.15) is 11.6 Å². The van der Waals surface area contributed by atoms with Gasteiger partial charge in [0.15, 0.2) is 0 Å². The van der Waals surface area contributed by atoms with E-state index in [4.69, 9.17) is 10.00 Å². The topological polar surface area (TPSA) is 120 Å². The van der Waals surface area contributed by atoms with Gasteiger partial charge in [-0.1, -0.05) is 12.1 Å². The van der Waals surface area contributed by atoms with Crippen molar-refractivity contribution in [2.45, 2.75) is 38.8 Å². The molecule has 10 heteroatoms. The van der Waals surface area contributed by atoms with Crippen LogP contribution in [-0.2, 0) is 26.0 Å². The Kier molecular flexibility index (Phi) is 7.44. The van der Waals surface area contributed by atoms with E-state index < -0.39 is 27.8 Å². The van der Waals surface area contributed by atoms with Crippen molar-refractivity contribution in [3.05, 3.63) is 35.4 Å². The average Bonchev–Trinajstić information content (AvgIpc) is 2.65. The smallest absolute Gasteiger partial charge is 0.408 e. The highest BCUT2D eigenvalue weighted by molar-refractivity contribution is 7.88. The summed E-state index contributed by atoms with van der Waals surface area (Å²) in [6.45, 7) is 6.09. The van der Waals surface area contributed by atoms with Crippen LogP contribution in [0.2, 0.25) is 0 Å². The van der Waals surface area contributed by atoms with Crippen molar-refractivity contribution in [2.24, 2.45) is 0 Å². The van der Waals surface area contributed by atoms with Gasteiger partial charge in [-0.15, -0.1) is 0 Å². The number of amides is 2. The first-order valence-electron chi connectivity index (χ1n) is 9.61. The van der Waals surface area contributed by atoms with Crippen LogP contribution in [0.25, 0.3) is 0 Å². The molecular formula is C20H28N4O5S. The number of nitriles is 1.